The Hall–Kier alpha value is 2.18. The quantitative estimate of drug-likeness (QED) is 0.184. The van der Waals surface area contributed by atoms with Crippen molar-refractivity contribution in [1.29, 1.82) is 0 Å². The van der Waals surface area contributed by atoms with Gasteiger partial charge in [-0.05, 0) is 0 Å². The van der Waals surface area contributed by atoms with Gasteiger partial charge in [0.1, 0.15) is 0 Å². The van der Waals surface area contributed by atoms with Crippen molar-refractivity contribution < 1.29 is 60.3 Å². The first-order chi connectivity index (χ1) is 6.93. The average molecular weight is 341 g/mol. The molecule has 0 aliphatic carbocycles. The van der Waals surface area contributed by atoms with Gasteiger partial charge in [0.15, 0.2) is 0 Å². The second-order valence-electron chi connectivity index (χ2n) is 1.39. The molecule has 0 heterocycles. The average Bonchev–Trinajstić information content (AvgIpc) is 1.76. The Kier molecular flexibility index (Phi) is 64.7. The molecule has 1 radical (unpaired) electrons. The Morgan fingerprint density at radius 2 is 0.333 bits per heavy atom. The van der Waals surface area contributed by atoms with E-state index in [1.165, 1.54) is 0 Å². The third kappa shape index (κ3) is 1130. The summed E-state index contributed by atoms with van der Waals surface area (Å²) in [4.78, 5) is 0. The minimum Gasteiger partial charge on any atom is 0 e. The molecule has 99 valence electrons. The molecule has 12 N–H and O–H groups in total. The first-order valence-electron chi connectivity index (χ1n) is 3.10. The largest absolute Gasteiger partial charge is 0 e. The molecule has 0 bridgehead atoms. The van der Waals surface area contributed by atoms with Crippen molar-refractivity contribution in [2.45, 2.75) is 0 Å². The molecule has 0 spiro atoms. The molecule has 0 fully saturated rings. The fourth-order valence-electron chi connectivity index (χ4n) is 0. The number of rotatable bonds is 0. The third-order valence-electron chi connectivity index (χ3n) is 0. The van der Waals surface area contributed by atoms with Gasteiger partial charge >= 0.3 is 48.1 Å². The first-order valence-corrected chi connectivity index (χ1v) is 3.10. The Morgan fingerprint density at radius 3 is 0.333 bits per heavy atom. The van der Waals surface area contributed by atoms with Gasteiger partial charge in [0, 0.05) is 58.2 Å². The molecule has 0 saturated carbocycles. The summed E-state index contributed by atoms with van der Waals surface area (Å²) in [5, 5.41) is 86.0. The molecule has 0 amide bonds. The summed E-state index contributed by atoms with van der Waals surface area (Å²) in [5.74, 6) is 0. The summed E-state index contributed by atoms with van der Waals surface area (Å²) in [6, 6.07) is 0. The second-order valence-corrected chi connectivity index (χ2v) is 1.39. The molecule has 0 aliphatic heterocycles. The van der Waals surface area contributed by atoms with Crippen LogP contribution in [0.15, 0.2) is 0 Å². The van der Waals surface area contributed by atoms with Gasteiger partial charge < -0.3 is 60.3 Å². The summed E-state index contributed by atoms with van der Waals surface area (Å²) in [7, 11) is -8.67. The Bertz CT molecular complexity index is 67.1. The monoisotopic (exact) mass is 341 g/mol. The van der Waals surface area contributed by atoms with Gasteiger partial charge in [-0.3, -0.25) is 0 Å². The predicted octanol–water partition coefficient (Wildman–Crippen LogP) is -9.24. The maximum absolute atomic E-state index is 7.17. The zero-order valence-corrected chi connectivity index (χ0v) is 13.6. The van der Waals surface area contributed by atoms with Crippen LogP contribution in [-0.4, -0.2) is 167 Å². The van der Waals surface area contributed by atoms with Crippen LogP contribution in [0.3, 0.4) is 0 Å². The molecule has 18 heteroatoms. The van der Waals surface area contributed by atoms with Gasteiger partial charge in [-0.15, -0.1) is 0 Å². The maximum Gasteiger partial charge on any atom is 0 e. The van der Waals surface area contributed by atoms with Crippen molar-refractivity contribution in [3.8, 4) is 0 Å². The molecule has 0 rings (SSSR count). The van der Waals surface area contributed by atoms with E-state index < -0.39 is 29.3 Å². The molecule has 18 heavy (non-hydrogen) atoms. The van der Waals surface area contributed by atoms with E-state index in [1.54, 1.807) is 0 Å². The first kappa shape index (κ1) is 36.9. The van der Waals surface area contributed by atoms with Crippen LogP contribution in [-0.2, 0) is 0 Å². The minimum atomic E-state index is -2.17. The predicted molar refractivity (Wildman–Crippen MR) is 62.5 cm³/mol. The summed E-state index contributed by atoms with van der Waals surface area (Å²) >= 11 is 0. The van der Waals surface area contributed by atoms with Crippen LogP contribution >= 0.6 is 0 Å². The summed E-state index contributed by atoms with van der Waals surface area (Å²) in [5.41, 5.74) is 0. The topological polar surface area (TPSA) is 243 Å². The third-order valence-corrected chi connectivity index (χ3v) is 0. The number of hydrogen-bond donors (Lipinski definition) is 12. The summed E-state index contributed by atoms with van der Waals surface area (Å²) in [6.45, 7) is 0. The van der Waals surface area contributed by atoms with Crippen molar-refractivity contribution in [2.75, 3.05) is 0 Å². The van der Waals surface area contributed by atoms with E-state index in [0.717, 1.165) is 0 Å². The Morgan fingerprint density at radius 1 is 0.333 bits per heavy atom. The maximum atomic E-state index is 7.17. The van der Waals surface area contributed by atoms with Gasteiger partial charge in [0.05, 0.1) is 0 Å². The fourth-order valence-corrected chi connectivity index (χ4v) is 0. The Labute approximate surface area is 164 Å². The van der Waals surface area contributed by atoms with E-state index in [0.29, 0.717) is 0 Å². The van der Waals surface area contributed by atoms with Crippen LogP contribution in [0.25, 0.3) is 0 Å². The summed E-state index contributed by atoms with van der Waals surface area (Å²) < 4.78 is 0. The smallest absolute Gasteiger partial charge is 0 e. The van der Waals surface area contributed by atoms with Gasteiger partial charge in [-0.2, -0.15) is 0 Å². The summed E-state index contributed by atoms with van der Waals surface area (Å²) in [6.07, 6.45) is 0. The van der Waals surface area contributed by atoms with Crippen LogP contribution in [0.1, 0.15) is 0 Å². The van der Waals surface area contributed by atoms with Gasteiger partial charge in [-0.1, -0.05) is 0 Å². The molecule has 0 aromatic rings. The zero-order valence-electron chi connectivity index (χ0n) is 8.68. The molecule has 0 unspecified atom stereocenters. The molecular weight excluding hydrogens is 328 g/mol. The molecule has 0 aliphatic rings. The van der Waals surface area contributed by atoms with Gasteiger partial charge in [0.25, 0.3) is 0 Å². The zero-order chi connectivity index (χ0) is 14.3. The van der Waals surface area contributed by atoms with E-state index in [-0.39, 0.29) is 77.0 Å². The van der Waals surface area contributed by atoms with Crippen molar-refractivity contribution >= 4 is 106 Å². The van der Waals surface area contributed by atoms with Crippen molar-refractivity contribution in [3.63, 3.8) is 0 Å². The standard InChI is InChI=1S/4BH3O3.Li.Rb.H/c4*2-1(3)4;;;/h4*2-4H;;;. The SMILES string of the molecule is OB(O)O.OB(O)O.OB(O)O.OB(O)O.[LiH].[Rb]. The number of hydrogen-bond acceptors (Lipinski definition) is 12. The van der Waals surface area contributed by atoms with Gasteiger partial charge in [-0.25, -0.2) is 0 Å². The van der Waals surface area contributed by atoms with Crippen LogP contribution in [0.5, 0.6) is 0 Å². The molecule has 0 atom stereocenters. The van der Waals surface area contributed by atoms with Crippen molar-refractivity contribution in [1.82, 2.24) is 0 Å². The molecule has 0 saturated heterocycles. The normalized spacial score (nSPS) is 6.00. The fraction of sp³-hybridized carbons (Fsp3) is 0. The van der Waals surface area contributed by atoms with Crippen LogP contribution < -0.4 is 0 Å². The van der Waals surface area contributed by atoms with E-state index >= 15 is 0 Å². The minimum absolute atomic E-state index is 0. The van der Waals surface area contributed by atoms with Gasteiger partial charge in [0.2, 0.25) is 0 Å². The molecule has 0 aromatic heterocycles. The molecule has 0 aromatic carbocycles. The van der Waals surface area contributed by atoms with Crippen molar-refractivity contribution in [3.05, 3.63) is 0 Å². The van der Waals surface area contributed by atoms with E-state index in [1.807, 2.05) is 0 Å². The van der Waals surface area contributed by atoms with E-state index in [2.05, 4.69) is 0 Å². The second kappa shape index (κ2) is 31.5. The van der Waals surface area contributed by atoms with E-state index in [9.17, 15) is 0 Å². The Balaban J connectivity index is -0.0000000257. The van der Waals surface area contributed by atoms with Crippen molar-refractivity contribution in [2.24, 2.45) is 0 Å². The molecular formula is H13B4LiO12Rb. The van der Waals surface area contributed by atoms with Crippen LogP contribution in [0.4, 0.5) is 0 Å². The molecule has 12 nitrogen and oxygen atoms in total. The van der Waals surface area contributed by atoms with Crippen LogP contribution in [0, 0.1) is 0 Å². The van der Waals surface area contributed by atoms with E-state index in [4.69, 9.17) is 60.3 Å². The van der Waals surface area contributed by atoms with Crippen LogP contribution in [0.2, 0.25) is 0 Å².